The Morgan fingerprint density at radius 3 is 2.65 bits per heavy atom. The monoisotopic (exact) mass is 296 g/mol. The van der Waals surface area contributed by atoms with E-state index in [-0.39, 0.29) is 4.90 Å². The highest BCUT2D eigenvalue weighted by Gasteiger charge is 2.17. The van der Waals surface area contributed by atoms with Crippen LogP contribution in [-0.2, 0) is 16.6 Å². The van der Waals surface area contributed by atoms with Crippen molar-refractivity contribution in [3.05, 3.63) is 29.3 Å². The third-order valence-electron chi connectivity index (χ3n) is 3.52. The van der Waals surface area contributed by atoms with Crippen LogP contribution in [0.4, 0.5) is 0 Å². The van der Waals surface area contributed by atoms with E-state index in [1.165, 1.54) is 12.5 Å². The van der Waals surface area contributed by atoms with Crippen LogP contribution in [0.15, 0.2) is 28.1 Å². The molecule has 0 aliphatic heterocycles. The van der Waals surface area contributed by atoms with Crippen molar-refractivity contribution in [1.82, 2.24) is 5.32 Å². The number of primary sulfonamides is 1. The zero-order chi connectivity index (χ0) is 14.8. The van der Waals surface area contributed by atoms with Gasteiger partial charge in [-0.15, -0.1) is 0 Å². The minimum atomic E-state index is -3.66. The van der Waals surface area contributed by atoms with Gasteiger partial charge in [-0.05, 0) is 49.4 Å². The number of sulfonamides is 1. The molecule has 20 heavy (non-hydrogen) atoms. The normalized spacial score (nSPS) is 16.8. The van der Waals surface area contributed by atoms with Gasteiger partial charge in [0.05, 0.1) is 11.4 Å². The molecule has 5 N–H and O–H groups in total. The van der Waals surface area contributed by atoms with Gasteiger partial charge < -0.3 is 11.1 Å². The Labute approximate surface area is 119 Å². The van der Waals surface area contributed by atoms with Gasteiger partial charge in [-0.1, -0.05) is 6.07 Å². The number of benzene rings is 1. The number of nitrogens with one attached hydrogen (secondary N) is 1. The van der Waals surface area contributed by atoms with Crippen molar-refractivity contribution in [3.8, 4) is 0 Å². The standard InChI is InChI=1S/C13H20N4O2S/c1-9-7-12(20(15,18)19)6-5-10(9)8-16-13(14)17-11-3-2-4-11/h5-7,11H,2-4,8H2,1H3,(H3,14,16,17)(H2,15,18,19). The van der Waals surface area contributed by atoms with Crippen molar-refractivity contribution in [3.63, 3.8) is 0 Å². The van der Waals surface area contributed by atoms with E-state index in [1.807, 2.05) is 6.92 Å². The molecular weight excluding hydrogens is 276 g/mol. The second-order valence-corrected chi connectivity index (χ2v) is 6.67. The van der Waals surface area contributed by atoms with E-state index in [2.05, 4.69) is 10.3 Å². The number of rotatable bonds is 4. The highest BCUT2D eigenvalue weighted by molar-refractivity contribution is 7.89. The maximum atomic E-state index is 11.2. The fraction of sp³-hybridized carbons (Fsp3) is 0.462. The molecule has 1 aromatic rings. The lowest BCUT2D eigenvalue weighted by molar-refractivity contribution is 0.382. The Morgan fingerprint density at radius 2 is 2.15 bits per heavy atom. The van der Waals surface area contributed by atoms with Gasteiger partial charge in [0.15, 0.2) is 5.96 Å². The summed E-state index contributed by atoms with van der Waals surface area (Å²) in [5, 5.41) is 8.24. The molecule has 0 amide bonds. The number of aliphatic imine (C=N–C) groups is 1. The summed E-state index contributed by atoms with van der Waals surface area (Å²) in [6, 6.07) is 5.21. The average molecular weight is 296 g/mol. The number of hydrogen-bond donors (Lipinski definition) is 3. The van der Waals surface area contributed by atoms with Crippen LogP contribution in [0.2, 0.25) is 0 Å². The summed E-state index contributed by atoms with van der Waals surface area (Å²) in [4.78, 5) is 4.39. The highest BCUT2D eigenvalue weighted by Crippen LogP contribution is 2.18. The molecule has 7 heteroatoms. The van der Waals surface area contributed by atoms with Crippen molar-refractivity contribution in [2.75, 3.05) is 0 Å². The molecule has 0 heterocycles. The summed E-state index contributed by atoms with van der Waals surface area (Å²) in [6.45, 7) is 2.25. The van der Waals surface area contributed by atoms with Crippen LogP contribution in [0.1, 0.15) is 30.4 Å². The molecule has 1 fully saturated rings. The molecule has 2 rings (SSSR count). The van der Waals surface area contributed by atoms with Gasteiger partial charge in [0, 0.05) is 6.04 Å². The number of aryl methyl sites for hydroxylation is 1. The molecule has 1 aromatic carbocycles. The van der Waals surface area contributed by atoms with E-state index < -0.39 is 10.0 Å². The molecule has 0 saturated heterocycles. The Morgan fingerprint density at radius 1 is 1.45 bits per heavy atom. The first kappa shape index (κ1) is 14.8. The predicted octanol–water partition coefficient (Wildman–Crippen LogP) is 0.599. The van der Waals surface area contributed by atoms with Crippen molar-refractivity contribution in [2.24, 2.45) is 15.9 Å². The fourth-order valence-corrected chi connectivity index (χ4v) is 2.60. The summed E-state index contributed by atoms with van der Waals surface area (Å²) in [6.07, 6.45) is 3.51. The second kappa shape index (κ2) is 5.80. The van der Waals surface area contributed by atoms with Gasteiger partial charge in [-0.2, -0.15) is 0 Å². The Hall–Kier alpha value is -1.60. The topological polar surface area (TPSA) is 111 Å². The minimum Gasteiger partial charge on any atom is -0.370 e. The molecule has 0 aromatic heterocycles. The van der Waals surface area contributed by atoms with Crippen LogP contribution >= 0.6 is 0 Å². The number of guanidine groups is 1. The van der Waals surface area contributed by atoms with Crippen LogP contribution in [0.3, 0.4) is 0 Å². The fourth-order valence-electron chi connectivity index (χ4n) is 2.00. The summed E-state index contributed by atoms with van der Waals surface area (Å²) >= 11 is 0. The van der Waals surface area contributed by atoms with Crippen molar-refractivity contribution < 1.29 is 8.42 Å². The van der Waals surface area contributed by atoms with E-state index >= 15 is 0 Å². The lowest BCUT2D eigenvalue weighted by Crippen LogP contribution is -2.43. The zero-order valence-corrected chi connectivity index (χ0v) is 12.3. The first-order valence-corrected chi connectivity index (χ1v) is 8.09. The van der Waals surface area contributed by atoms with Gasteiger partial charge in [-0.25, -0.2) is 18.5 Å². The first-order valence-electron chi connectivity index (χ1n) is 6.55. The van der Waals surface area contributed by atoms with E-state index in [9.17, 15) is 8.42 Å². The van der Waals surface area contributed by atoms with Gasteiger partial charge in [0.1, 0.15) is 0 Å². The molecule has 1 aliphatic carbocycles. The van der Waals surface area contributed by atoms with Crippen molar-refractivity contribution in [1.29, 1.82) is 0 Å². The number of hydrogen-bond acceptors (Lipinski definition) is 3. The molecule has 0 spiro atoms. The summed E-state index contributed by atoms with van der Waals surface area (Å²) in [7, 11) is -3.66. The molecule has 110 valence electrons. The van der Waals surface area contributed by atoms with Crippen LogP contribution in [0.5, 0.6) is 0 Å². The first-order chi connectivity index (χ1) is 9.36. The Kier molecular flexibility index (Phi) is 4.29. The number of nitrogens with two attached hydrogens (primary N) is 2. The van der Waals surface area contributed by atoms with Crippen LogP contribution in [-0.4, -0.2) is 20.4 Å². The predicted molar refractivity (Wildman–Crippen MR) is 78.7 cm³/mol. The third-order valence-corrected chi connectivity index (χ3v) is 4.43. The second-order valence-electron chi connectivity index (χ2n) is 5.11. The van der Waals surface area contributed by atoms with Crippen molar-refractivity contribution in [2.45, 2.75) is 43.7 Å². The van der Waals surface area contributed by atoms with Gasteiger partial charge in [0.25, 0.3) is 0 Å². The molecule has 0 radical (unpaired) electrons. The van der Waals surface area contributed by atoms with E-state index in [0.29, 0.717) is 18.5 Å². The van der Waals surface area contributed by atoms with Gasteiger partial charge in [-0.3, -0.25) is 0 Å². The van der Waals surface area contributed by atoms with E-state index in [4.69, 9.17) is 10.9 Å². The third kappa shape index (κ3) is 3.71. The lowest BCUT2D eigenvalue weighted by Gasteiger charge is -2.26. The maximum Gasteiger partial charge on any atom is 0.238 e. The summed E-state index contributed by atoms with van der Waals surface area (Å²) in [5.41, 5.74) is 7.56. The molecule has 1 aliphatic rings. The van der Waals surface area contributed by atoms with Crippen LogP contribution in [0.25, 0.3) is 0 Å². The molecule has 0 bridgehead atoms. The Balaban J connectivity index is 2.04. The SMILES string of the molecule is Cc1cc(S(N)(=O)=O)ccc1CN=C(N)NC1CCC1. The molecule has 6 nitrogen and oxygen atoms in total. The van der Waals surface area contributed by atoms with Crippen LogP contribution in [0, 0.1) is 6.92 Å². The van der Waals surface area contributed by atoms with E-state index in [1.54, 1.807) is 12.1 Å². The van der Waals surface area contributed by atoms with Gasteiger partial charge >= 0.3 is 0 Å². The summed E-state index contributed by atoms with van der Waals surface area (Å²) < 4.78 is 22.5. The molecule has 0 unspecified atom stereocenters. The summed E-state index contributed by atoms with van der Waals surface area (Å²) in [5.74, 6) is 0.435. The van der Waals surface area contributed by atoms with E-state index in [0.717, 1.165) is 24.0 Å². The smallest absolute Gasteiger partial charge is 0.238 e. The average Bonchev–Trinajstić information content (AvgIpc) is 2.31. The van der Waals surface area contributed by atoms with Crippen molar-refractivity contribution >= 4 is 16.0 Å². The van der Waals surface area contributed by atoms with Crippen LogP contribution < -0.4 is 16.2 Å². The quantitative estimate of drug-likeness (QED) is 0.558. The zero-order valence-electron chi connectivity index (χ0n) is 11.5. The minimum absolute atomic E-state index is 0.114. The lowest BCUT2D eigenvalue weighted by atomic mass is 9.93. The largest absolute Gasteiger partial charge is 0.370 e. The highest BCUT2D eigenvalue weighted by atomic mass is 32.2. The Bertz CT molecular complexity index is 621. The molecular formula is C13H20N4O2S. The number of nitrogens with zero attached hydrogens (tertiary/aromatic N) is 1. The maximum absolute atomic E-state index is 11.2. The van der Waals surface area contributed by atoms with Gasteiger partial charge in [0.2, 0.25) is 10.0 Å². The molecule has 1 saturated carbocycles. The molecule has 0 atom stereocenters.